The van der Waals surface area contributed by atoms with Crippen molar-refractivity contribution in [2.45, 2.75) is 64.7 Å². The van der Waals surface area contributed by atoms with E-state index >= 15 is 0 Å². The van der Waals surface area contributed by atoms with Gasteiger partial charge in [-0.15, -0.1) is 12.6 Å². The third-order valence-corrected chi connectivity index (χ3v) is 2.86. The van der Waals surface area contributed by atoms with Crippen molar-refractivity contribution >= 4 is 29.2 Å². The van der Waals surface area contributed by atoms with E-state index in [9.17, 15) is 0 Å². The van der Waals surface area contributed by atoms with Crippen LogP contribution in [0.25, 0.3) is 0 Å². The number of unbranched alkanes of at least 4 members (excludes halogenated alkanes) is 8. The van der Waals surface area contributed by atoms with E-state index in [1.807, 2.05) is 0 Å². The van der Waals surface area contributed by atoms with Crippen molar-refractivity contribution in [2.24, 2.45) is 0 Å². The highest BCUT2D eigenvalue weighted by molar-refractivity contribution is 8.11. The molecule has 0 fully saturated rings. The highest BCUT2D eigenvalue weighted by Crippen LogP contribution is 2.09. The average Bonchev–Trinajstić information content (AvgIpc) is 2.20. The normalized spacial score (nSPS) is 10.3. The van der Waals surface area contributed by atoms with Crippen LogP contribution in [0.4, 0.5) is 0 Å². The van der Waals surface area contributed by atoms with Gasteiger partial charge in [0, 0.05) is 6.54 Å². The Morgan fingerprint density at radius 1 is 0.933 bits per heavy atom. The van der Waals surface area contributed by atoms with Crippen LogP contribution in [-0.2, 0) is 0 Å². The summed E-state index contributed by atoms with van der Waals surface area (Å²) in [5, 5.41) is 3.06. The van der Waals surface area contributed by atoms with E-state index in [0.29, 0.717) is 4.32 Å². The van der Waals surface area contributed by atoms with Gasteiger partial charge in [-0.2, -0.15) is 0 Å². The van der Waals surface area contributed by atoms with E-state index in [4.69, 9.17) is 12.2 Å². The maximum atomic E-state index is 4.81. The van der Waals surface area contributed by atoms with Gasteiger partial charge >= 0.3 is 0 Å². The third kappa shape index (κ3) is 14.2. The zero-order chi connectivity index (χ0) is 11.4. The predicted molar refractivity (Wildman–Crippen MR) is 76.8 cm³/mol. The molecule has 0 spiro atoms. The topological polar surface area (TPSA) is 12.0 Å². The summed E-state index contributed by atoms with van der Waals surface area (Å²) in [5.74, 6) is 0. The van der Waals surface area contributed by atoms with Crippen LogP contribution in [0, 0.1) is 0 Å². The van der Waals surface area contributed by atoms with Gasteiger partial charge in [0.05, 0.1) is 0 Å². The van der Waals surface area contributed by atoms with Crippen LogP contribution < -0.4 is 5.32 Å². The molecule has 0 unspecified atom stereocenters. The standard InChI is InChI=1S/C12H25NS2/c1-2-3-4-5-6-7-8-9-10-11-13-12(14)15/h2-11H2,1H3,(H2,13,14,15). The molecule has 0 saturated carbocycles. The van der Waals surface area contributed by atoms with E-state index in [1.165, 1.54) is 57.8 Å². The van der Waals surface area contributed by atoms with Crippen LogP contribution in [0.2, 0.25) is 0 Å². The maximum absolute atomic E-state index is 4.81. The molecule has 0 amide bonds. The summed E-state index contributed by atoms with van der Waals surface area (Å²) in [4.78, 5) is 0. The van der Waals surface area contributed by atoms with Crippen molar-refractivity contribution in [1.82, 2.24) is 5.32 Å². The van der Waals surface area contributed by atoms with Crippen molar-refractivity contribution in [3.05, 3.63) is 0 Å². The SMILES string of the molecule is CCCCCCCCCCCNC(=S)S. The Bertz CT molecular complexity index is 149. The molecule has 0 aliphatic heterocycles. The van der Waals surface area contributed by atoms with Gasteiger partial charge in [-0.05, 0) is 6.42 Å². The first-order valence-electron chi connectivity index (χ1n) is 6.24. The number of rotatable bonds is 10. The fourth-order valence-corrected chi connectivity index (χ4v) is 1.84. The summed E-state index contributed by atoms with van der Waals surface area (Å²) >= 11 is 8.82. The lowest BCUT2D eigenvalue weighted by Crippen LogP contribution is -2.17. The lowest BCUT2D eigenvalue weighted by molar-refractivity contribution is 0.563. The van der Waals surface area contributed by atoms with Gasteiger partial charge < -0.3 is 5.32 Å². The summed E-state index contributed by atoms with van der Waals surface area (Å²) in [6.45, 7) is 3.25. The van der Waals surface area contributed by atoms with Gasteiger partial charge in [0.15, 0.2) is 0 Å². The minimum Gasteiger partial charge on any atom is -0.371 e. The largest absolute Gasteiger partial charge is 0.371 e. The lowest BCUT2D eigenvalue weighted by Gasteiger charge is -2.03. The van der Waals surface area contributed by atoms with Crippen molar-refractivity contribution in [3.8, 4) is 0 Å². The van der Waals surface area contributed by atoms with Crippen LogP contribution in [0.3, 0.4) is 0 Å². The molecule has 90 valence electrons. The number of thiol groups is 1. The van der Waals surface area contributed by atoms with Crippen LogP contribution in [0.5, 0.6) is 0 Å². The van der Waals surface area contributed by atoms with Crippen molar-refractivity contribution in [1.29, 1.82) is 0 Å². The molecule has 0 aliphatic carbocycles. The molecule has 0 aromatic rings. The van der Waals surface area contributed by atoms with Crippen LogP contribution in [0.15, 0.2) is 0 Å². The summed E-state index contributed by atoms with van der Waals surface area (Å²) in [5.41, 5.74) is 0. The Kier molecular flexibility index (Phi) is 12.5. The maximum Gasteiger partial charge on any atom is 0.130 e. The molecule has 1 N–H and O–H groups in total. The van der Waals surface area contributed by atoms with Crippen LogP contribution in [0.1, 0.15) is 64.7 Å². The van der Waals surface area contributed by atoms with Gasteiger partial charge in [0.25, 0.3) is 0 Å². The molecule has 0 bridgehead atoms. The highest BCUT2D eigenvalue weighted by atomic mass is 32.1. The Morgan fingerprint density at radius 3 is 1.87 bits per heavy atom. The van der Waals surface area contributed by atoms with Gasteiger partial charge in [0.2, 0.25) is 0 Å². The van der Waals surface area contributed by atoms with Crippen LogP contribution in [-0.4, -0.2) is 10.9 Å². The lowest BCUT2D eigenvalue weighted by atomic mass is 10.1. The van der Waals surface area contributed by atoms with E-state index in [2.05, 4.69) is 24.9 Å². The fraction of sp³-hybridized carbons (Fsp3) is 0.917. The van der Waals surface area contributed by atoms with Crippen molar-refractivity contribution in [2.75, 3.05) is 6.54 Å². The Balaban J connectivity index is 2.89. The summed E-state index contributed by atoms with van der Waals surface area (Å²) in [7, 11) is 0. The van der Waals surface area contributed by atoms with E-state index < -0.39 is 0 Å². The van der Waals surface area contributed by atoms with Crippen LogP contribution >= 0.6 is 24.8 Å². The number of hydrogen-bond donors (Lipinski definition) is 2. The quantitative estimate of drug-likeness (QED) is 0.339. The number of hydrogen-bond acceptors (Lipinski definition) is 1. The van der Waals surface area contributed by atoms with Gasteiger partial charge in [-0.25, -0.2) is 0 Å². The van der Waals surface area contributed by atoms with E-state index in [-0.39, 0.29) is 0 Å². The predicted octanol–water partition coefficient (Wildman–Crippen LogP) is 4.32. The minimum absolute atomic E-state index is 0.620. The summed E-state index contributed by atoms with van der Waals surface area (Å²) < 4.78 is 0.620. The molecular weight excluding hydrogens is 222 g/mol. The number of nitrogens with one attached hydrogen (secondary N) is 1. The Hall–Kier alpha value is 0.240. The fourth-order valence-electron chi connectivity index (χ4n) is 1.63. The molecule has 0 atom stereocenters. The van der Waals surface area contributed by atoms with Gasteiger partial charge in [-0.3, -0.25) is 0 Å². The molecule has 0 rings (SSSR count). The first kappa shape index (κ1) is 15.2. The molecule has 15 heavy (non-hydrogen) atoms. The van der Waals surface area contributed by atoms with Gasteiger partial charge in [-0.1, -0.05) is 70.5 Å². The molecule has 0 aromatic carbocycles. The average molecular weight is 247 g/mol. The molecule has 0 saturated heterocycles. The number of thiocarbonyl (C=S) groups is 1. The second-order valence-electron chi connectivity index (χ2n) is 4.06. The minimum atomic E-state index is 0.620. The van der Waals surface area contributed by atoms with Crippen molar-refractivity contribution < 1.29 is 0 Å². The van der Waals surface area contributed by atoms with E-state index in [1.54, 1.807) is 0 Å². The zero-order valence-corrected chi connectivity index (χ0v) is 11.6. The molecule has 3 heteroatoms. The van der Waals surface area contributed by atoms with Crippen molar-refractivity contribution in [3.63, 3.8) is 0 Å². The smallest absolute Gasteiger partial charge is 0.130 e. The first-order chi connectivity index (χ1) is 7.27. The second-order valence-corrected chi connectivity index (χ2v) is 5.22. The van der Waals surface area contributed by atoms with Gasteiger partial charge in [0.1, 0.15) is 4.32 Å². The molecule has 0 radical (unpaired) electrons. The first-order valence-corrected chi connectivity index (χ1v) is 7.09. The Morgan fingerprint density at radius 2 is 1.40 bits per heavy atom. The molecule has 1 nitrogen and oxygen atoms in total. The third-order valence-electron chi connectivity index (χ3n) is 2.56. The molecule has 0 aliphatic rings. The molecular formula is C12H25NS2. The van der Waals surface area contributed by atoms with E-state index in [0.717, 1.165) is 6.54 Å². The zero-order valence-electron chi connectivity index (χ0n) is 9.93. The summed E-state index contributed by atoms with van der Waals surface area (Å²) in [6, 6.07) is 0. The molecule has 0 heterocycles. The monoisotopic (exact) mass is 247 g/mol. The highest BCUT2D eigenvalue weighted by Gasteiger charge is 1.92. The Labute approximate surface area is 106 Å². The summed E-state index contributed by atoms with van der Waals surface area (Å²) in [6.07, 6.45) is 12.3. The molecule has 0 aromatic heterocycles. The second kappa shape index (κ2) is 12.3.